The van der Waals surface area contributed by atoms with Crippen molar-refractivity contribution < 1.29 is 33.0 Å². The summed E-state index contributed by atoms with van der Waals surface area (Å²) in [6.45, 7) is 19.6. The zero-order valence-electron chi connectivity index (χ0n) is 34.9. The van der Waals surface area contributed by atoms with E-state index in [0.29, 0.717) is 80.5 Å². The molecule has 58 heavy (non-hydrogen) atoms. The first kappa shape index (κ1) is 45.4. The van der Waals surface area contributed by atoms with Gasteiger partial charge in [0, 0.05) is 75.5 Å². The van der Waals surface area contributed by atoms with Crippen molar-refractivity contribution in [2.75, 3.05) is 128 Å². The fourth-order valence-corrected chi connectivity index (χ4v) is 8.20. The summed E-state index contributed by atoms with van der Waals surface area (Å²) in [5, 5.41) is 10.3. The van der Waals surface area contributed by atoms with Crippen LogP contribution in [0, 0.1) is 0 Å². The van der Waals surface area contributed by atoms with Crippen LogP contribution in [-0.2, 0) is 23.5 Å². The minimum absolute atomic E-state index is 0.349. The lowest BCUT2D eigenvalue weighted by Gasteiger charge is -2.43. The van der Waals surface area contributed by atoms with Crippen LogP contribution in [-0.4, -0.2) is 150 Å². The van der Waals surface area contributed by atoms with E-state index < -0.39 is 18.8 Å². The van der Waals surface area contributed by atoms with Crippen LogP contribution in [0.25, 0.3) is 0 Å². The highest BCUT2D eigenvalue weighted by Crippen LogP contribution is 2.39. The molecule has 0 unspecified atom stereocenters. The zero-order valence-corrected chi connectivity index (χ0v) is 36.6. The molecule has 3 aromatic rings. The Morgan fingerprint density at radius 2 is 1.55 bits per heavy atom. The van der Waals surface area contributed by atoms with Crippen molar-refractivity contribution in [1.82, 2.24) is 25.1 Å². The number of piperidine rings is 1. The third-order valence-corrected chi connectivity index (χ3v) is 11.7. The average molecular weight is 845 g/mol. The monoisotopic (exact) mass is 844 g/mol. The summed E-state index contributed by atoms with van der Waals surface area (Å²) in [6.07, 6.45) is 3.32. The van der Waals surface area contributed by atoms with Crippen LogP contribution in [0.1, 0.15) is 33.6 Å². The van der Waals surface area contributed by atoms with E-state index in [4.69, 9.17) is 35.3 Å². The number of amides is 1. The van der Waals surface area contributed by atoms with Gasteiger partial charge in [0.25, 0.3) is 0 Å². The summed E-state index contributed by atoms with van der Waals surface area (Å²) in [5.74, 6) is 1.46. The Morgan fingerprint density at radius 3 is 2.22 bits per heavy atom. The molecule has 2 fully saturated rings. The molecular weight excluding hydrogens is 783 g/mol. The molecule has 5 rings (SSSR count). The van der Waals surface area contributed by atoms with E-state index in [2.05, 4.69) is 52.8 Å². The number of nitrogens with zero attached hydrogens (tertiary/aromatic N) is 5. The van der Waals surface area contributed by atoms with E-state index in [1.807, 2.05) is 51.1 Å². The highest BCUT2D eigenvalue weighted by Gasteiger charge is 2.28. The maximum absolute atomic E-state index is 12.9. The van der Waals surface area contributed by atoms with Crippen LogP contribution in [0.4, 0.5) is 33.6 Å². The van der Waals surface area contributed by atoms with Gasteiger partial charge in [-0.05, 0) is 71.2 Å². The zero-order chi connectivity index (χ0) is 41.5. The van der Waals surface area contributed by atoms with Crippen molar-refractivity contribution in [3.8, 4) is 5.75 Å². The largest absolute Gasteiger partial charge is 0.494 e. The molecule has 17 heteroatoms. The SMILES string of the molecule is COc1cc(N2CCC(N3CCN(CCOCCOCCOCCNC(=O)OC(C)(C)C)CC3)CC2)ccc1Nc1ncc(Cl)c(Nc2ccccc2P(C)(C)=O)n1. The molecule has 2 saturated heterocycles. The predicted molar refractivity (Wildman–Crippen MR) is 232 cm³/mol. The van der Waals surface area contributed by atoms with Gasteiger partial charge in [0.05, 0.1) is 64.3 Å². The minimum Gasteiger partial charge on any atom is -0.494 e. The van der Waals surface area contributed by atoms with E-state index in [0.717, 1.165) is 75.3 Å². The normalized spacial score (nSPS) is 15.9. The number of halogens is 1. The summed E-state index contributed by atoms with van der Waals surface area (Å²) < 4.78 is 40.8. The Labute approximate surface area is 348 Å². The number of benzene rings is 2. The van der Waals surface area contributed by atoms with Crippen molar-refractivity contribution >= 4 is 59.0 Å². The number of hydrogen-bond acceptors (Lipinski definition) is 14. The maximum atomic E-state index is 12.9. The van der Waals surface area contributed by atoms with E-state index >= 15 is 0 Å². The van der Waals surface area contributed by atoms with E-state index in [-0.39, 0.29) is 0 Å². The van der Waals surface area contributed by atoms with Crippen LogP contribution >= 0.6 is 18.7 Å². The molecule has 0 aliphatic carbocycles. The standard InChI is InChI=1S/C41H62ClN8O7P/c1-41(2,3)57-40(51)43-15-23-54-25-27-56-28-26-55-24-22-48-18-20-50(21-19-48)31-13-16-49(17-14-31)32-11-12-34(36(29-32)53-4)46-39-44-30-33(42)38(47-39)45-35-9-7-8-10-37(35)58(5,6)52/h7-12,29-31H,13-28H2,1-6H3,(H,43,51)(H2,44,45,46,47). The molecule has 3 heterocycles. The highest BCUT2D eigenvalue weighted by atomic mass is 35.5. The number of carbonyl (C=O) groups is 1. The number of alkyl carbamates (subject to hydrolysis) is 1. The summed E-state index contributed by atoms with van der Waals surface area (Å²) in [6, 6.07) is 14.2. The summed E-state index contributed by atoms with van der Waals surface area (Å²) in [5.41, 5.74) is 2.04. The summed E-state index contributed by atoms with van der Waals surface area (Å²) >= 11 is 6.47. The topological polar surface area (TPSA) is 152 Å². The van der Waals surface area contributed by atoms with Gasteiger partial charge in [0.1, 0.15) is 23.5 Å². The molecule has 320 valence electrons. The van der Waals surface area contributed by atoms with Gasteiger partial charge in [-0.2, -0.15) is 4.98 Å². The lowest BCUT2D eigenvalue weighted by molar-refractivity contribution is 0.00596. The molecule has 1 amide bonds. The number of methoxy groups -OCH3 is 1. The third kappa shape index (κ3) is 14.5. The molecule has 0 atom stereocenters. The quantitative estimate of drug-likeness (QED) is 0.0896. The molecule has 1 aromatic heterocycles. The summed E-state index contributed by atoms with van der Waals surface area (Å²) in [7, 11) is -0.874. The van der Waals surface area contributed by atoms with E-state index in [1.165, 1.54) is 6.20 Å². The van der Waals surface area contributed by atoms with Crippen molar-refractivity contribution in [1.29, 1.82) is 0 Å². The number of anilines is 5. The Kier molecular flexibility index (Phi) is 17.3. The van der Waals surface area contributed by atoms with Crippen LogP contribution in [0.15, 0.2) is 48.7 Å². The fraction of sp³-hybridized carbons (Fsp3) is 0.585. The second kappa shape index (κ2) is 22.1. The Morgan fingerprint density at radius 1 is 0.879 bits per heavy atom. The Hall–Kier alpha value is -3.69. The second-order valence-electron chi connectivity index (χ2n) is 15.8. The second-order valence-corrected chi connectivity index (χ2v) is 19.3. The Bertz CT molecular complexity index is 1800. The number of ether oxygens (including phenoxy) is 5. The van der Waals surface area contributed by atoms with E-state index in [9.17, 15) is 9.36 Å². The maximum Gasteiger partial charge on any atom is 0.407 e. The number of hydrogen-bond donors (Lipinski definition) is 3. The van der Waals surface area contributed by atoms with Crippen LogP contribution in [0.2, 0.25) is 5.02 Å². The number of aromatic nitrogens is 2. The summed E-state index contributed by atoms with van der Waals surface area (Å²) in [4.78, 5) is 28.2. The number of rotatable bonds is 20. The van der Waals surface area contributed by atoms with Crippen molar-refractivity contribution in [3.63, 3.8) is 0 Å². The van der Waals surface area contributed by atoms with Gasteiger partial charge < -0.3 is 49.1 Å². The molecule has 0 saturated carbocycles. The lowest BCUT2D eigenvalue weighted by atomic mass is 10.0. The third-order valence-electron chi connectivity index (χ3n) is 9.88. The first-order chi connectivity index (χ1) is 27.8. The number of piperazine rings is 1. The molecule has 15 nitrogen and oxygen atoms in total. The first-order valence-corrected chi connectivity index (χ1v) is 23.1. The molecule has 2 aliphatic rings. The van der Waals surface area contributed by atoms with Gasteiger partial charge in [0.15, 0.2) is 5.82 Å². The average Bonchev–Trinajstić information content (AvgIpc) is 3.19. The molecule has 0 radical (unpaired) electrons. The number of carbonyl (C=O) groups excluding carboxylic acids is 1. The first-order valence-electron chi connectivity index (χ1n) is 20.1. The van der Waals surface area contributed by atoms with Crippen molar-refractivity contribution in [2.45, 2.75) is 45.3 Å². The highest BCUT2D eigenvalue weighted by molar-refractivity contribution is 7.70. The van der Waals surface area contributed by atoms with Gasteiger partial charge in [0.2, 0.25) is 5.95 Å². The molecule has 0 spiro atoms. The minimum atomic E-state index is -2.54. The van der Waals surface area contributed by atoms with Gasteiger partial charge in [-0.25, -0.2) is 9.78 Å². The van der Waals surface area contributed by atoms with Crippen LogP contribution < -0.4 is 30.9 Å². The molecule has 2 aromatic carbocycles. The van der Waals surface area contributed by atoms with Crippen LogP contribution in [0.3, 0.4) is 0 Å². The van der Waals surface area contributed by atoms with Gasteiger partial charge in [-0.3, -0.25) is 9.80 Å². The Balaban J connectivity index is 0.963. The van der Waals surface area contributed by atoms with Crippen LogP contribution in [0.5, 0.6) is 5.75 Å². The number of nitrogens with one attached hydrogen (secondary N) is 3. The molecule has 3 N–H and O–H groups in total. The fourth-order valence-electron chi connectivity index (χ4n) is 6.91. The molecule has 2 aliphatic heterocycles. The smallest absolute Gasteiger partial charge is 0.407 e. The predicted octanol–water partition coefficient (Wildman–Crippen LogP) is 6.03. The van der Waals surface area contributed by atoms with Gasteiger partial charge >= 0.3 is 6.09 Å². The molecular formula is C41H62ClN8O7P. The molecule has 0 bridgehead atoms. The number of para-hydroxylation sites is 1. The van der Waals surface area contributed by atoms with Crippen molar-refractivity contribution in [2.24, 2.45) is 0 Å². The lowest BCUT2D eigenvalue weighted by Crippen LogP contribution is -2.53. The van der Waals surface area contributed by atoms with Gasteiger partial charge in [-0.1, -0.05) is 23.7 Å². The van der Waals surface area contributed by atoms with E-state index in [1.54, 1.807) is 20.4 Å². The van der Waals surface area contributed by atoms with Gasteiger partial charge in [-0.15, -0.1) is 0 Å². The van der Waals surface area contributed by atoms with Crippen molar-refractivity contribution in [3.05, 3.63) is 53.7 Å².